The summed E-state index contributed by atoms with van der Waals surface area (Å²) in [5, 5.41) is 3.35. The fourth-order valence-corrected chi connectivity index (χ4v) is 2.51. The summed E-state index contributed by atoms with van der Waals surface area (Å²) in [5.74, 6) is -0.163. The Morgan fingerprint density at radius 3 is 2.88 bits per heavy atom. The molecule has 0 saturated heterocycles. The van der Waals surface area contributed by atoms with E-state index in [9.17, 15) is 4.39 Å². The lowest BCUT2D eigenvalue weighted by Crippen LogP contribution is -1.90. The van der Waals surface area contributed by atoms with Crippen molar-refractivity contribution < 1.29 is 4.39 Å². The number of hydrogen-bond acceptors (Lipinski definition) is 1. The van der Waals surface area contributed by atoms with Gasteiger partial charge < -0.3 is 5.32 Å². The maximum absolute atomic E-state index is 13.4. The Labute approximate surface area is 100 Å². The molecule has 0 atom stereocenters. The van der Waals surface area contributed by atoms with Gasteiger partial charge in [0.1, 0.15) is 5.82 Å². The topological polar surface area (TPSA) is 12.0 Å². The van der Waals surface area contributed by atoms with E-state index in [1.165, 1.54) is 11.3 Å². The van der Waals surface area contributed by atoms with Gasteiger partial charge in [0.2, 0.25) is 0 Å². The van der Waals surface area contributed by atoms with Crippen molar-refractivity contribution in [2.45, 2.75) is 13.3 Å². The minimum absolute atomic E-state index is 0.163. The Kier molecular flexibility index (Phi) is 2.36. The highest BCUT2D eigenvalue weighted by atomic mass is 19.1. The molecule has 86 valence electrons. The van der Waals surface area contributed by atoms with Crippen molar-refractivity contribution >= 4 is 5.69 Å². The lowest BCUT2D eigenvalue weighted by molar-refractivity contribution is 0.627. The van der Waals surface area contributed by atoms with Gasteiger partial charge in [0.05, 0.1) is 0 Å². The number of fused-ring (bicyclic) bond motifs is 1. The van der Waals surface area contributed by atoms with Gasteiger partial charge in [-0.15, -0.1) is 0 Å². The van der Waals surface area contributed by atoms with Crippen LogP contribution < -0.4 is 5.32 Å². The third kappa shape index (κ3) is 1.80. The number of hydrogen-bond donors (Lipinski definition) is 1. The summed E-state index contributed by atoms with van der Waals surface area (Å²) in [5.41, 5.74) is 5.57. The normalized spacial score (nSPS) is 13.3. The molecule has 2 heteroatoms. The minimum Gasteiger partial charge on any atom is -0.384 e. The summed E-state index contributed by atoms with van der Waals surface area (Å²) in [6.45, 7) is 2.90. The van der Waals surface area contributed by atoms with Crippen LogP contribution in [0.25, 0.3) is 11.1 Å². The zero-order valence-corrected chi connectivity index (χ0v) is 9.76. The van der Waals surface area contributed by atoms with Crippen molar-refractivity contribution in [2.24, 2.45) is 0 Å². The summed E-state index contributed by atoms with van der Waals surface area (Å²) in [6.07, 6.45) is 1.01. The molecule has 0 aromatic heterocycles. The highest BCUT2D eigenvalue weighted by Crippen LogP contribution is 2.33. The van der Waals surface area contributed by atoms with Gasteiger partial charge in [-0.2, -0.15) is 0 Å². The van der Waals surface area contributed by atoms with Gasteiger partial charge in [-0.05, 0) is 53.8 Å². The van der Waals surface area contributed by atoms with Gasteiger partial charge >= 0.3 is 0 Å². The number of halogens is 1. The van der Waals surface area contributed by atoms with Crippen molar-refractivity contribution in [3.63, 3.8) is 0 Å². The van der Waals surface area contributed by atoms with E-state index in [0.717, 1.165) is 29.7 Å². The average Bonchev–Trinajstić information content (AvgIpc) is 2.75. The zero-order chi connectivity index (χ0) is 11.8. The van der Waals surface area contributed by atoms with Crippen molar-refractivity contribution in [3.05, 3.63) is 53.3 Å². The molecule has 0 aliphatic carbocycles. The molecule has 0 unspecified atom stereocenters. The quantitative estimate of drug-likeness (QED) is 0.782. The van der Waals surface area contributed by atoms with Crippen molar-refractivity contribution in [1.29, 1.82) is 0 Å². The fraction of sp³-hybridized carbons (Fsp3) is 0.200. The lowest BCUT2D eigenvalue weighted by Gasteiger charge is -2.09. The first-order valence-electron chi connectivity index (χ1n) is 5.87. The van der Waals surface area contributed by atoms with E-state index in [-0.39, 0.29) is 5.82 Å². The van der Waals surface area contributed by atoms with Gasteiger partial charge in [-0.1, -0.05) is 18.2 Å². The molecule has 17 heavy (non-hydrogen) atoms. The summed E-state index contributed by atoms with van der Waals surface area (Å²) >= 11 is 0. The Balaban J connectivity index is 2.19. The number of anilines is 1. The van der Waals surface area contributed by atoms with Crippen LogP contribution in [0.4, 0.5) is 10.1 Å². The van der Waals surface area contributed by atoms with Crippen LogP contribution in [0.3, 0.4) is 0 Å². The van der Waals surface area contributed by atoms with E-state index in [0.29, 0.717) is 0 Å². The first-order valence-corrected chi connectivity index (χ1v) is 5.87. The monoisotopic (exact) mass is 227 g/mol. The smallest absolute Gasteiger partial charge is 0.124 e. The van der Waals surface area contributed by atoms with Crippen LogP contribution in [0.5, 0.6) is 0 Å². The van der Waals surface area contributed by atoms with Gasteiger partial charge in [0.15, 0.2) is 0 Å². The van der Waals surface area contributed by atoms with Crippen LogP contribution in [0.2, 0.25) is 0 Å². The zero-order valence-electron chi connectivity index (χ0n) is 9.76. The summed E-state index contributed by atoms with van der Waals surface area (Å²) in [7, 11) is 0. The van der Waals surface area contributed by atoms with Crippen LogP contribution in [-0.4, -0.2) is 6.54 Å². The molecule has 1 aliphatic heterocycles. The van der Waals surface area contributed by atoms with E-state index in [4.69, 9.17) is 0 Å². The van der Waals surface area contributed by atoms with E-state index in [1.54, 1.807) is 12.1 Å². The molecule has 0 radical (unpaired) electrons. The molecule has 3 rings (SSSR count). The van der Waals surface area contributed by atoms with Crippen LogP contribution >= 0.6 is 0 Å². The van der Waals surface area contributed by atoms with E-state index in [2.05, 4.69) is 17.4 Å². The first kappa shape index (κ1) is 10.3. The molecule has 1 heterocycles. The SMILES string of the molecule is Cc1cc(F)cc(-c2cccc3c2CCN3)c1. The lowest BCUT2D eigenvalue weighted by atomic mass is 9.96. The minimum atomic E-state index is -0.163. The van der Waals surface area contributed by atoms with Crippen LogP contribution in [0.15, 0.2) is 36.4 Å². The molecule has 0 saturated carbocycles. The second-order valence-electron chi connectivity index (χ2n) is 4.53. The third-order valence-electron chi connectivity index (χ3n) is 3.22. The molecular weight excluding hydrogens is 213 g/mol. The third-order valence-corrected chi connectivity index (χ3v) is 3.22. The first-order chi connectivity index (χ1) is 8.24. The maximum Gasteiger partial charge on any atom is 0.124 e. The van der Waals surface area contributed by atoms with Crippen molar-refractivity contribution in [1.82, 2.24) is 0 Å². The van der Waals surface area contributed by atoms with Gasteiger partial charge in [-0.25, -0.2) is 4.39 Å². The fourth-order valence-electron chi connectivity index (χ4n) is 2.51. The van der Waals surface area contributed by atoms with Crippen LogP contribution in [-0.2, 0) is 6.42 Å². The number of rotatable bonds is 1. The molecule has 2 aromatic carbocycles. The van der Waals surface area contributed by atoms with Crippen molar-refractivity contribution in [2.75, 3.05) is 11.9 Å². The Morgan fingerprint density at radius 2 is 2.06 bits per heavy atom. The number of nitrogens with one attached hydrogen (secondary N) is 1. The molecule has 1 aliphatic rings. The Morgan fingerprint density at radius 1 is 1.18 bits per heavy atom. The van der Waals surface area contributed by atoms with Gasteiger partial charge in [0.25, 0.3) is 0 Å². The second kappa shape index (κ2) is 3.88. The predicted octanol–water partition coefficient (Wildman–Crippen LogP) is 3.77. The van der Waals surface area contributed by atoms with E-state index < -0.39 is 0 Å². The second-order valence-corrected chi connectivity index (χ2v) is 4.53. The molecule has 2 aromatic rings. The molecule has 0 amide bonds. The molecule has 1 nitrogen and oxygen atoms in total. The van der Waals surface area contributed by atoms with Gasteiger partial charge in [-0.3, -0.25) is 0 Å². The van der Waals surface area contributed by atoms with Crippen LogP contribution in [0.1, 0.15) is 11.1 Å². The predicted molar refractivity (Wildman–Crippen MR) is 68.8 cm³/mol. The highest BCUT2D eigenvalue weighted by molar-refractivity contribution is 5.76. The summed E-state index contributed by atoms with van der Waals surface area (Å²) < 4.78 is 13.4. The number of aryl methyl sites for hydroxylation is 1. The number of benzene rings is 2. The largest absolute Gasteiger partial charge is 0.384 e. The molecule has 0 bridgehead atoms. The standard InChI is InChI=1S/C15H14FN/c1-10-7-11(9-12(16)8-10)13-3-2-4-15-14(13)5-6-17-15/h2-4,7-9,17H,5-6H2,1H3. The highest BCUT2D eigenvalue weighted by Gasteiger charge is 2.15. The van der Waals surface area contributed by atoms with Crippen molar-refractivity contribution in [3.8, 4) is 11.1 Å². The van der Waals surface area contributed by atoms with Gasteiger partial charge in [0, 0.05) is 12.2 Å². The maximum atomic E-state index is 13.4. The Bertz CT molecular complexity index is 555. The molecule has 1 N–H and O–H groups in total. The van der Waals surface area contributed by atoms with E-state index >= 15 is 0 Å². The molecule has 0 spiro atoms. The molecular formula is C15H14FN. The van der Waals surface area contributed by atoms with E-state index in [1.807, 2.05) is 19.1 Å². The average molecular weight is 227 g/mol. The summed E-state index contributed by atoms with van der Waals surface area (Å²) in [6, 6.07) is 11.4. The Hall–Kier alpha value is -1.83. The summed E-state index contributed by atoms with van der Waals surface area (Å²) in [4.78, 5) is 0. The molecule has 0 fully saturated rings. The van der Waals surface area contributed by atoms with Crippen LogP contribution in [0, 0.1) is 12.7 Å².